The molecule has 0 spiro atoms. The van der Waals surface area contributed by atoms with Crippen LogP contribution >= 0.6 is 0 Å². The van der Waals surface area contributed by atoms with E-state index in [0.717, 1.165) is 19.4 Å². The largest absolute Gasteiger partial charge is 0.394 e. The Balaban J connectivity index is 2.31. The predicted molar refractivity (Wildman–Crippen MR) is 53.0 cm³/mol. The maximum absolute atomic E-state index is 9.05. The lowest BCUT2D eigenvalue weighted by atomic mass is 10.0. The molecule has 0 aliphatic carbocycles. The Labute approximate surface area is 84.1 Å². The molecule has 1 heterocycles. The fourth-order valence-corrected chi connectivity index (χ4v) is 1.59. The van der Waals surface area contributed by atoms with Crippen molar-refractivity contribution in [1.82, 2.24) is 10.6 Å². The van der Waals surface area contributed by atoms with Gasteiger partial charge < -0.3 is 26.0 Å². The Morgan fingerprint density at radius 1 is 1.21 bits per heavy atom. The summed E-state index contributed by atoms with van der Waals surface area (Å²) in [5, 5.41) is 33.4. The van der Waals surface area contributed by atoms with Gasteiger partial charge in [0, 0.05) is 12.6 Å². The smallest absolute Gasteiger partial charge is 0.0882 e. The van der Waals surface area contributed by atoms with Gasteiger partial charge in [0.15, 0.2) is 0 Å². The molecule has 0 radical (unpaired) electrons. The molecule has 0 aromatic heterocycles. The molecule has 0 bridgehead atoms. The second kappa shape index (κ2) is 5.63. The summed E-state index contributed by atoms with van der Waals surface area (Å²) in [4.78, 5) is 0. The summed E-state index contributed by atoms with van der Waals surface area (Å²) in [7, 11) is 0. The first-order valence-corrected chi connectivity index (χ1v) is 5.07. The summed E-state index contributed by atoms with van der Waals surface area (Å²) < 4.78 is 0. The van der Waals surface area contributed by atoms with Gasteiger partial charge in [-0.2, -0.15) is 0 Å². The Bertz CT molecular complexity index is 148. The van der Waals surface area contributed by atoms with Crippen LogP contribution in [-0.4, -0.2) is 59.8 Å². The van der Waals surface area contributed by atoms with Crippen LogP contribution in [0.5, 0.6) is 0 Å². The minimum atomic E-state index is -0.940. The van der Waals surface area contributed by atoms with Gasteiger partial charge in [-0.15, -0.1) is 0 Å². The molecular formula is C9H20N2O3. The molecule has 5 heteroatoms. The zero-order valence-corrected chi connectivity index (χ0v) is 8.37. The van der Waals surface area contributed by atoms with E-state index in [1.807, 2.05) is 0 Å². The van der Waals surface area contributed by atoms with E-state index in [-0.39, 0.29) is 19.8 Å². The second-order valence-electron chi connectivity index (χ2n) is 3.93. The van der Waals surface area contributed by atoms with Gasteiger partial charge >= 0.3 is 0 Å². The van der Waals surface area contributed by atoms with Gasteiger partial charge in [0.25, 0.3) is 0 Å². The lowest BCUT2D eigenvalue weighted by Gasteiger charge is -2.30. The van der Waals surface area contributed by atoms with Crippen LogP contribution in [0.15, 0.2) is 0 Å². The van der Waals surface area contributed by atoms with Gasteiger partial charge in [0.1, 0.15) is 0 Å². The van der Waals surface area contributed by atoms with Crippen LogP contribution in [0, 0.1) is 0 Å². The van der Waals surface area contributed by atoms with Crippen LogP contribution < -0.4 is 10.6 Å². The van der Waals surface area contributed by atoms with Crippen molar-refractivity contribution < 1.29 is 15.3 Å². The number of rotatable bonds is 6. The van der Waals surface area contributed by atoms with Crippen molar-refractivity contribution in [3.63, 3.8) is 0 Å². The molecule has 1 fully saturated rings. The monoisotopic (exact) mass is 204 g/mol. The molecule has 1 unspecified atom stereocenters. The number of aliphatic hydroxyl groups is 3. The zero-order valence-electron chi connectivity index (χ0n) is 8.37. The van der Waals surface area contributed by atoms with E-state index >= 15 is 0 Å². The lowest BCUT2D eigenvalue weighted by Crippen LogP contribution is -2.57. The third-order valence-corrected chi connectivity index (χ3v) is 2.79. The van der Waals surface area contributed by atoms with Gasteiger partial charge in [-0.1, -0.05) is 0 Å². The van der Waals surface area contributed by atoms with Gasteiger partial charge in [0.2, 0.25) is 0 Å². The molecule has 0 amide bonds. The molecule has 0 aromatic carbocycles. The molecule has 1 aliphatic rings. The Morgan fingerprint density at radius 2 is 1.86 bits per heavy atom. The highest BCUT2D eigenvalue weighted by atomic mass is 16.3. The SMILES string of the molecule is OCC(CO)(CO)NCC1CCCN1. The number of aliphatic hydroxyl groups excluding tert-OH is 3. The van der Waals surface area contributed by atoms with Gasteiger partial charge in [-0.3, -0.25) is 0 Å². The fraction of sp³-hybridized carbons (Fsp3) is 1.00. The first-order valence-electron chi connectivity index (χ1n) is 5.07. The highest BCUT2D eigenvalue weighted by Gasteiger charge is 2.28. The topological polar surface area (TPSA) is 84.8 Å². The molecule has 84 valence electrons. The van der Waals surface area contributed by atoms with Crippen molar-refractivity contribution in [2.75, 3.05) is 32.9 Å². The minimum Gasteiger partial charge on any atom is -0.394 e. The molecule has 1 saturated heterocycles. The second-order valence-corrected chi connectivity index (χ2v) is 3.93. The molecule has 5 nitrogen and oxygen atoms in total. The predicted octanol–water partition coefficient (Wildman–Crippen LogP) is -1.96. The highest BCUT2D eigenvalue weighted by Crippen LogP contribution is 2.06. The first kappa shape index (κ1) is 11.9. The third-order valence-electron chi connectivity index (χ3n) is 2.79. The standard InChI is InChI=1S/C9H20N2O3/c12-5-9(6-13,7-14)11-4-8-2-1-3-10-8/h8,10-14H,1-7H2. The van der Waals surface area contributed by atoms with Crippen LogP contribution in [0.2, 0.25) is 0 Å². The molecule has 1 atom stereocenters. The van der Waals surface area contributed by atoms with E-state index < -0.39 is 5.54 Å². The van der Waals surface area contributed by atoms with Gasteiger partial charge in [0.05, 0.1) is 25.4 Å². The molecule has 14 heavy (non-hydrogen) atoms. The molecule has 5 N–H and O–H groups in total. The van der Waals surface area contributed by atoms with Crippen molar-refractivity contribution in [3.8, 4) is 0 Å². The van der Waals surface area contributed by atoms with Crippen LogP contribution in [-0.2, 0) is 0 Å². The van der Waals surface area contributed by atoms with Crippen molar-refractivity contribution >= 4 is 0 Å². The summed E-state index contributed by atoms with van der Waals surface area (Å²) in [6, 6.07) is 0.388. The van der Waals surface area contributed by atoms with E-state index in [1.54, 1.807) is 0 Å². The first-order chi connectivity index (χ1) is 6.76. The number of hydrogen-bond acceptors (Lipinski definition) is 5. The average molecular weight is 204 g/mol. The van der Waals surface area contributed by atoms with Crippen LogP contribution in [0.4, 0.5) is 0 Å². The van der Waals surface area contributed by atoms with E-state index in [9.17, 15) is 0 Å². The lowest BCUT2D eigenvalue weighted by molar-refractivity contribution is 0.0414. The zero-order chi connectivity index (χ0) is 10.4. The average Bonchev–Trinajstić information content (AvgIpc) is 2.74. The maximum Gasteiger partial charge on any atom is 0.0882 e. The molecular weight excluding hydrogens is 184 g/mol. The van der Waals surface area contributed by atoms with Crippen molar-refractivity contribution in [1.29, 1.82) is 0 Å². The fourth-order valence-electron chi connectivity index (χ4n) is 1.59. The molecule has 0 aromatic rings. The van der Waals surface area contributed by atoms with Gasteiger partial charge in [-0.25, -0.2) is 0 Å². The summed E-state index contributed by atoms with van der Waals surface area (Å²) in [5.41, 5.74) is -0.940. The van der Waals surface area contributed by atoms with Crippen LogP contribution in [0.3, 0.4) is 0 Å². The summed E-state index contributed by atoms with van der Waals surface area (Å²) >= 11 is 0. The van der Waals surface area contributed by atoms with Crippen LogP contribution in [0.25, 0.3) is 0 Å². The van der Waals surface area contributed by atoms with Gasteiger partial charge in [-0.05, 0) is 19.4 Å². The van der Waals surface area contributed by atoms with E-state index in [2.05, 4.69) is 10.6 Å². The molecule has 1 rings (SSSR count). The Hall–Kier alpha value is -0.200. The molecule has 1 aliphatic heterocycles. The highest BCUT2D eigenvalue weighted by molar-refractivity contribution is 4.89. The van der Waals surface area contributed by atoms with Crippen molar-refractivity contribution in [3.05, 3.63) is 0 Å². The van der Waals surface area contributed by atoms with Crippen LogP contribution in [0.1, 0.15) is 12.8 Å². The summed E-state index contributed by atoms with van der Waals surface area (Å²) in [6.45, 7) is 0.921. The normalized spacial score (nSPS) is 22.9. The van der Waals surface area contributed by atoms with E-state index in [1.165, 1.54) is 0 Å². The maximum atomic E-state index is 9.05. The number of hydrogen-bond donors (Lipinski definition) is 5. The molecule has 0 saturated carbocycles. The summed E-state index contributed by atoms with van der Waals surface area (Å²) in [5.74, 6) is 0. The quantitative estimate of drug-likeness (QED) is 0.347. The van der Waals surface area contributed by atoms with Crippen molar-refractivity contribution in [2.24, 2.45) is 0 Å². The van der Waals surface area contributed by atoms with E-state index in [0.29, 0.717) is 12.6 Å². The minimum absolute atomic E-state index is 0.257. The Kier molecular flexibility index (Phi) is 4.77. The summed E-state index contributed by atoms with van der Waals surface area (Å²) in [6.07, 6.45) is 2.27. The van der Waals surface area contributed by atoms with E-state index in [4.69, 9.17) is 15.3 Å². The third kappa shape index (κ3) is 2.90. The number of nitrogens with one attached hydrogen (secondary N) is 2. The van der Waals surface area contributed by atoms with Crippen molar-refractivity contribution in [2.45, 2.75) is 24.4 Å². The Morgan fingerprint density at radius 3 is 2.29 bits per heavy atom.